The summed E-state index contributed by atoms with van der Waals surface area (Å²) in [7, 11) is 0. The number of hydrogen-bond acceptors (Lipinski definition) is 5. The highest BCUT2D eigenvalue weighted by Gasteiger charge is 2.06. The molecule has 2 heterocycles. The van der Waals surface area contributed by atoms with E-state index in [2.05, 4.69) is 20.3 Å². The number of aromatic nitrogens is 3. The Morgan fingerprint density at radius 2 is 1.90 bits per heavy atom. The fourth-order valence-electron chi connectivity index (χ4n) is 1.67. The van der Waals surface area contributed by atoms with Gasteiger partial charge in [-0.15, -0.1) is 11.3 Å². The van der Waals surface area contributed by atoms with Crippen LogP contribution in [0.2, 0.25) is 5.02 Å². The topological polar surface area (TPSA) is 50.7 Å². The van der Waals surface area contributed by atoms with E-state index in [-0.39, 0.29) is 0 Å². The lowest BCUT2D eigenvalue weighted by Crippen LogP contribution is -1.97. The maximum absolute atomic E-state index is 5.86. The summed E-state index contributed by atoms with van der Waals surface area (Å²) in [5, 5.41) is 6.74. The molecule has 0 bridgehead atoms. The van der Waals surface area contributed by atoms with Crippen molar-refractivity contribution in [1.29, 1.82) is 0 Å². The van der Waals surface area contributed by atoms with Crippen LogP contribution >= 0.6 is 22.9 Å². The molecule has 0 radical (unpaired) electrons. The molecular weight excluding hydrogens is 292 g/mol. The molecule has 0 saturated carbocycles. The van der Waals surface area contributed by atoms with Crippen LogP contribution in [0.1, 0.15) is 5.69 Å². The van der Waals surface area contributed by atoms with E-state index < -0.39 is 0 Å². The van der Waals surface area contributed by atoms with Crippen LogP contribution in [0.25, 0.3) is 10.7 Å². The van der Waals surface area contributed by atoms with Crippen LogP contribution in [-0.4, -0.2) is 15.0 Å². The van der Waals surface area contributed by atoms with Crippen molar-refractivity contribution in [1.82, 2.24) is 15.0 Å². The molecule has 1 N–H and O–H groups in total. The average Bonchev–Trinajstić information content (AvgIpc) is 2.89. The van der Waals surface area contributed by atoms with Gasteiger partial charge in [-0.1, -0.05) is 11.6 Å². The van der Waals surface area contributed by atoms with E-state index in [0.717, 1.165) is 22.1 Å². The molecule has 4 nitrogen and oxygen atoms in total. The third kappa shape index (κ3) is 2.95. The van der Waals surface area contributed by atoms with Crippen molar-refractivity contribution in [2.45, 2.75) is 6.92 Å². The first-order valence-electron chi connectivity index (χ1n) is 5.99. The van der Waals surface area contributed by atoms with E-state index in [1.54, 1.807) is 17.5 Å². The van der Waals surface area contributed by atoms with Gasteiger partial charge in [-0.3, -0.25) is 0 Å². The molecule has 0 atom stereocenters. The van der Waals surface area contributed by atoms with Gasteiger partial charge in [0, 0.05) is 28.0 Å². The fourth-order valence-corrected chi connectivity index (χ4v) is 2.56. The predicted octanol–water partition coefficient (Wildman–Crippen LogP) is 4.31. The van der Waals surface area contributed by atoms with Gasteiger partial charge < -0.3 is 5.32 Å². The zero-order valence-corrected chi connectivity index (χ0v) is 12.2. The Bertz CT molecular complexity index is 724. The highest BCUT2D eigenvalue weighted by atomic mass is 35.5. The minimum absolute atomic E-state index is 0.540. The number of nitrogens with one attached hydrogen (secondary N) is 1. The molecule has 0 aliphatic heterocycles. The van der Waals surface area contributed by atoms with Gasteiger partial charge in [0.15, 0.2) is 0 Å². The number of nitrogens with zero attached hydrogens (tertiary/aromatic N) is 3. The lowest BCUT2D eigenvalue weighted by molar-refractivity contribution is 1.15. The maximum atomic E-state index is 5.86. The highest BCUT2D eigenvalue weighted by molar-refractivity contribution is 7.13. The Kier molecular flexibility index (Phi) is 3.62. The van der Waals surface area contributed by atoms with E-state index in [0.29, 0.717) is 11.0 Å². The zero-order chi connectivity index (χ0) is 13.9. The maximum Gasteiger partial charge on any atom is 0.227 e. The molecule has 0 amide bonds. The largest absolute Gasteiger partial charge is 0.324 e. The summed E-state index contributed by atoms with van der Waals surface area (Å²) >= 11 is 7.43. The lowest BCUT2D eigenvalue weighted by Gasteiger charge is -2.05. The van der Waals surface area contributed by atoms with Gasteiger partial charge in [0.2, 0.25) is 5.95 Å². The number of thiazole rings is 1. The normalized spacial score (nSPS) is 10.5. The van der Waals surface area contributed by atoms with Crippen LogP contribution in [0.5, 0.6) is 0 Å². The molecule has 0 saturated heterocycles. The molecule has 0 fully saturated rings. The second-order valence-corrected chi connectivity index (χ2v) is 5.49. The van der Waals surface area contributed by atoms with Crippen LogP contribution in [-0.2, 0) is 0 Å². The number of benzene rings is 1. The summed E-state index contributed by atoms with van der Waals surface area (Å²) < 4.78 is 0. The lowest BCUT2D eigenvalue weighted by atomic mass is 10.3. The van der Waals surface area contributed by atoms with Crippen molar-refractivity contribution >= 4 is 34.6 Å². The van der Waals surface area contributed by atoms with Crippen molar-refractivity contribution in [3.8, 4) is 10.7 Å². The quantitative estimate of drug-likeness (QED) is 0.783. The van der Waals surface area contributed by atoms with Gasteiger partial charge >= 0.3 is 0 Å². The number of rotatable bonds is 3. The van der Waals surface area contributed by atoms with Crippen molar-refractivity contribution in [3.05, 3.63) is 52.6 Å². The number of anilines is 2. The monoisotopic (exact) mass is 302 g/mol. The van der Waals surface area contributed by atoms with E-state index in [9.17, 15) is 0 Å². The third-order valence-electron chi connectivity index (χ3n) is 2.59. The Balaban J connectivity index is 1.86. The first-order chi connectivity index (χ1) is 9.70. The second-order valence-electron chi connectivity index (χ2n) is 4.19. The standard InChI is InChI=1S/C14H11ClN4S/c1-9-8-20-13(17-9)12-6-7-16-14(19-12)18-11-4-2-10(15)3-5-11/h2-8H,1H3,(H,16,18,19). The van der Waals surface area contributed by atoms with Gasteiger partial charge in [-0.05, 0) is 37.3 Å². The SMILES string of the molecule is Cc1csc(-c2ccnc(Nc3ccc(Cl)cc3)n2)n1. The molecule has 6 heteroatoms. The summed E-state index contributed by atoms with van der Waals surface area (Å²) in [6.07, 6.45) is 1.72. The molecule has 0 spiro atoms. The molecule has 2 aromatic heterocycles. The van der Waals surface area contributed by atoms with Crippen LogP contribution < -0.4 is 5.32 Å². The number of hydrogen-bond donors (Lipinski definition) is 1. The molecule has 20 heavy (non-hydrogen) atoms. The Hall–Kier alpha value is -1.98. The van der Waals surface area contributed by atoms with E-state index >= 15 is 0 Å². The Morgan fingerprint density at radius 3 is 2.60 bits per heavy atom. The molecule has 1 aromatic carbocycles. The molecule has 3 rings (SSSR count). The van der Waals surface area contributed by atoms with E-state index in [1.165, 1.54) is 0 Å². The summed E-state index contributed by atoms with van der Waals surface area (Å²) in [6.45, 7) is 1.97. The highest BCUT2D eigenvalue weighted by Crippen LogP contribution is 2.23. The smallest absolute Gasteiger partial charge is 0.227 e. The van der Waals surface area contributed by atoms with Gasteiger partial charge in [0.05, 0.1) is 0 Å². The number of halogens is 1. The fraction of sp³-hybridized carbons (Fsp3) is 0.0714. The predicted molar refractivity (Wildman–Crippen MR) is 82.6 cm³/mol. The Morgan fingerprint density at radius 1 is 1.10 bits per heavy atom. The molecule has 3 aromatic rings. The molecular formula is C14H11ClN4S. The van der Waals surface area contributed by atoms with Crippen molar-refractivity contribution in [2.24, 2.45) is 0 Å². The first-order valence-corrected chi connectivity index (χ1v) is 7.24. The van der Waals surface area contributed by atoms with Gasteiger partial charge in [-0.2, -0.15) is 0 Å². The van der Waals surface area contributed by atoms with Crippen molar-refractivity contribution in [2.75, 3.05) is 5.32 Å². The van der Waals surface area contributed by atoms with Crippen LogP contribution in [0.4, 0.5) is 11.6 Å². The molecule has 0 aliphatic carbocycles. The minimum atomic E-state index is 0.540. The summed E-state index contributed by atoms with van der Waals surface area (Å²) in [4.78, 5) is 13.1. The van der Waals surface area contributed by atoms with Gasteiger partial charge in [0.25, 0.3) is 0 Å². The minimum Gasteiger partial charge on any atom is -0.324 e. The van der Waals surface area contributed by atoms with Crippen LogP contribution in [0.3, 0.4) is 0 Å². The third-order valence-corrected chi connectivity index (χ3v) is 3.83. The number of aryl methyl sites for hydroxylation is 1. The molecule has 0 unspecified atom stereocenters. The zero-order valence-electron chi connectivity index (χ0n) is 10.7. The van der Waals surface area contributed by atoms with Gasteiger partial charge in [0.1, 0.15) is 10.7 Å². The molecule has 100 valence electrons. The second kappa shape index (κ2) is 5.56. The van der Waals surface area contributed by atoms with Crippen molar-refractivity contribution in [3.63, 3.8) is 0 Å². The first kappa shape index (κ1) is 13.0. The summed E-state index contributed by atoms with van der Waals surface area (Å²) in [5.74, 6) is 0.540. The van der Waals surface area contributed by atoms with Gasteiger partial charge in [-0.25, -0.2) is 15.0 Å². The summed E-state index contributed by atoms with van der Waals surface area (Å²) in [6, 6.07) is 9.25. The van der Waals surface area contributed by atoms with Crippen LogP contribution in [0, 0.1) is 6.92 Å². The van der Waals surface area contributed by atoms with Crippen LogP contribution in [0.15, 0.2) is 41.9 Å². The Labute approximate surface area is 125 Å². The average molecular weight is 303 g/mol. The van der Waals surface area contributed by atoms with E-state index in [1.807, 2.05) is 42.6 Å². The van der Waals surface area contributed by atoms with E-state index in [4.69, 9.17) is 11.6 Å². The molecule has 0 aliphatic rings. The summed E-state index contributed by atoms with van der Waals surface area (Å²) in [5.41, 5.74) is 2.70. The van der Waals surface area contributed by atoms with Crippen molar-refractivity contribution < 1.29 is 0 Å².